The second-order valence-corrected chi connectivity index (χ2v) is 11.4. The van der Waals surface area contributed by atoms with Crippen molar-refractivity contribution >= 4 is 25.6 Å². The van der Waals surface area contributed by atoms with Crippen LogP contribution in [-0.2, 0) is 4.43 Å². The molecule has 3 nitrogen and oxygen atoms in total. The molecular formula is C14H24ClNO2Si. The molecule has 0 aliphatic heterocycles. The number of nitrogen functional groups attached to an aromatic ring is 1. The van der Waals surface area contributed by atoms with Gasteiger partial charge in [-0.05, 0) is 36.3 Å². The third-order valence-electron chi connectivity index (χ3n) is 3.58. The molecule has 5 heteroatoms. The van der Waals surface area contributed by atoms with Crippen molar-refractivity contribution in [2.24, 2.45) is 0 Å². The van der Waals surface area contributed by atoms with E-state index in [4.69, 9.17) is 26.5 Å². The quantitative estimate of drug-likeness (QED) is 0.500. The van der Waals surface area contributed by atoms with Crippen LogP contribution in [-0.4, -0.2) is 21.5 Å². The zero-order chi connectivity index (χ0) is 14.7. The van der Waals surface area contributed by atoms with Gasteiger partial charge in [-0.1, -0.05) is 32.4 Å². The lowest BCUT2D eigenvalue weighted by Gasteiger charge is -2.36. The summed E-state index contributed by atoms with van der Waals surface area (Å²) in [4.78, 5) is 0. The second kappa shape index (κ2) is 6.16. The lowest BCUT2D eigenvalue weighted by Crippen LogP contribution is -2.41. The lowest BCUT2D eigenvalue weighted by molar-refractivity contribution is 0.204. The Kier molecular flexibility index (Phi) is 5.30. The Balaban J connectivity index is 2.43. The minimum absolute atomic E-state index is 0.215. The van der Waals surface area contributed by atoms with Crippen LogP contribution < -0.4 is 10.5 Å². The van der Waals surface area contributed by atoms with E-state index in [0.29, 0.717) is 29.7 Å². The largest absolute Gasteiger partial charge is 0.489 e. The van der Waals surface area contributed by atoms with E-state index < -0.39 is 8.32 Å². The molecule has 1 aromatic rings. The van der Waals surface area contributed by atoms with Crippen LogP contribution in [0.1, 0.15) is 20.8 Å². The van der Waals surface area contributed by atoms with Gasteiger partial charge in [0.25, 0.3) is 0 Å². The third-order valence-corrected chi connectivity index (χ3v) is 8.36. The van der Waals surface area contributed by atoms with Crippen molar-refractivity contribution in [2.75, 3.05) is 18.9 Å². The van der Waals surface area contributed by atoms with Crippen molar-refractivity contribution in [1.82, 2.24) is 0 Å². The maximum absolute atomic E-state index is 6.03. The van der Waals surface area contributed by atoms with Crippen molar-refractivity contribution < 1.29 is 9.16 Å². The van der Waals surface area contributed by atoms with E-state index in [2.05, 4.69) is 33.9 Å². The van der Waals surface area contributed by atoms with Crippen LogP contribution in [0.2, 0.25) is 23.2 Å². The van der Waals surface area contributed by atoms with E-state index in [9.17, 15) is 0 Å². The van der Waals surface area contributed by atoms with E-state index in [1.165, 1.54) is 0 Å². The first-order chi connectivity index (χ1) is 8.63. The molecule has 0 saturated carbocycles. The summed E-state index contributed by atoms with van der Waals surface area (Å²) < 4.78 is 11.6. The first-order valence-corrected chi connectivity index (χ1v) is 9.74. The summed E-state index contributed by atoms with van der Waals surface area (Å²) in [7, 11) is -1.70. The first-order valence-electron chi connectivity index (χ1n) is 6.45. The SMILES string of the molecule is CC(C)(C)[Si](C)(C)OCCOc1ccc(Cl)cc1N. The molecule has 0 heterocycles. The molecule has 0 amide bonds. The van der Waals surface area contributed by atoms with Crippen LogP contribution in [0.3, 0.4) is 0 Å². The van der Waals surface area contributed by atoms with E-state index in [1.807, 2.05) is 0 Å². The maximum atomic E-state index is 6.03. The molecule has 0 saturated heterocycles. The van der Waals surface area contributed by atoms with Gasteiger partial charge in [-0.2, -0.15) is 0 Å². The normalized spacial score (nSPS) is 12.5. The molecule has 0 aliphatic carbocycles. The van der Waals surface area contributed by atoms with Crippen LogP contribution in [0, 0.1) is 0 Å². The summed E-state index contributed by atoms with van der Waals surface area (Å²) in [5.41, 5.74) is 6.37. The maximum Gasteiger partial charge on any atom is 0.192 e. The van der Waals surface area contributed by atoms with Gasteiger partial charge in [0.15, 0.2) is 8.32 Å². The molecule has 0 aliphatic rings. The fourth-order valence-electron chi connectivity index (χ4n) is 1.32. The molecule has 0 bridgehead atoms. The van der Waals surface area contributed by atoms with Gasteiger partial charge in [-0.3, -0.25) is 0 Å². The molecular weight excluding hydrogens is 278 g/mol. The Labute approximate surface area is 122 Å². The van der Waals surface area contributed by atoms with Crippen LogP contribution in [0.5, 0.6) is 5.75 Å². The van der Waals surface area contributed by atoms with Gasteiger partial charge in [-0.15, -0.1) is 0 Å². The molecule has 1 rings (SSSR count). The Bertz CT molecular complexity index is 430. The van der Waals surface area contributed by atoms with Crippen LogP contribution >= 0.6 is 11.6 Å². The minimum atomic E-state index is -1.70. The van der Waals surface area contributed by atoms with Crippen molar-refractivity contribution in [3.8, 4) is 5.75 Å². The molecule has 1 aromatic carbocycles. The average Bonchev–Trinajstić information content (AvgIpc) is 2.25. The van der Waals surface area contributed by atoms with Crippen molar-refractivity contribution in [2.45, 2.75) is 38.9 Å². The number of anilines is 1. The molecule has 0 fully saturated rings. The number of halogens is 1. The van der Waals surface area contributed by atoms with Crippen LogP contribution in [0.15, 0.2) is 18.2 Å². The second-order valence-electron chi connectivity index (χ2n) is 6.14. The van der Waals surface area contributed by atoms with Crippen LogP contribution in [0.4, 0.5) is 5.69 Å². The zero-order valence-electron chi connectivity index (χ0n) is 12.4. The fraction of sp³-hybridized carbons (Fsp3) is 0.571. The number of ether oxygens (including phenoxy) is 1. The van der Waals surface area contributed by atoms with Gasteiger partial charge in [0.2, 0.25) is 0 Å². The molecule has 108 valence electrons. The van der Waals surface area contributed by atoms with E-state index in [1.54, 1.807) is 18.2 Å². The first kappa shape index (κ1) is 16.3. The monoisotopic (exact) mass is 301 g/mol. The Morgan fingerprint density at radius 1 is 1.21 bits per heavy atom. The molecule has 0 aromatic heterocycles. The zero-order valence-corrected chi connectivity index (χ0v) is 14.2. The fourth-order valence-corrected chi connectivity index (χ4v) is 2.52. The molecule has 0 atom stereocenters. The number of benzene rings is 1. The highest BCUT2D eigenvalue weighted by molar-refractivity contribution is 6.74. The predicted molar refractivity (Wildman–Crippen MR) is 84.5 cm³/mol. The molecule has 19 heavy (non-hydrogen) atoms. The van der Waals surface area contributed by atoms with Gasteiger partial charge in [-0.25, -0.2) is 0 Å². The highest BCUT2D eigenvalue weighted by atomic mass is 35.5. The Hall–Kier alpha value is -0.713. The number of hydrogen-bond acceptors (Lipinski definition) is 3. The summed E-state index contributed by atoms with van der Waals surface area (Å²) >= 11 is 5.83. The van der Waals surface area contributed by atoms with Crippen LogP contribution in [0.25, 0.3) is 0 Å². The van der Waals surface area contributed by atoms with Crippen molar-refractivity contribution in [1.29, 1.82) is 0 Å². The van der Waals surface area contributed by atoms with E-state index in [0.717, 1.165) is 0 Å². The smallest absolute Gasteiger partial charge is 0.192 e. The van der Waals surface area contributed by atoms with E-state index >= 15 is 0 Å². The Morgan fingerprint density at radius 3 is 2.37 bits per heavy atom. The number of rotatable bonds is 5. The summed E-state index contributed by atoms with van der Waals surface area (Å²) in [5.74, 6) is 0.656. The summed E-state index contributed by atoms with van der Waals surface area (Å²) in [5, 5.41) is 0.828. The summed E-state index contributed by atoms with van der Waals surface area (Å²) in [6.07, 6.45) is 0. The van der Waals surface area contributed by atoms with Gasteiger partial charge in [0.1, 0.15) is 12.4 Å². The molecule has 0 spiro atoms. The highest BCUT2D eigenvalue weighted by Gasteiger charge is 2.36. The van der Waals surface area contributed by atoms with Crippen molar-refractivity contribution in [3.05, 3.63) is 23.2 Å². The standard InChI is InChI=1S/C14H24ClNO2Si/c1-14(2,3)19(4,5)18-9-8-17-13-7-6-11(15)10-12(13)16/h6-7,10H,8-9,16H2,1-5H3. The van der Waals surface area contributed by atoms with Gasteiger partial charge < -0.3 is 14.9 Å². The number of hydrogen-bond donors (Lipinski definition) is 1. The van der Waals surface area contributed by atoms with Gasteiger partial charge in [0, 0.05) is 5.02 Å². The minimum Gasteiger partial charge on any atom is -0.489 e. The topological polar surface area (TPSA) is 44.5 Å². The average molecular weight is 302 g/mol. The molecule has 0 unspecified atom stereocenters. The Morgan fingerprint density at radius 2 is 1.84 bits per heavy atom. The lowest BCUT2D eigenvalue weighted by atomic mass is 10.2. The van der Waals surface area contributed by atoms with Gasteiger partial charge in [0.05, 0.1) is 12.3 Å². The molecule has 0 radical (unpaired) electrons. The predicted octanol–water partition coefficient (Wildman–Crippen LogP) is 4.32. The highest BCUT2D eigenvalue weighted by Crippen LogP contribution is 2.36. The third kappa shape index (κ3) is 4.71. The number of nitrogens with two attached hydrogens (primary N) is 1. The van der Waals surface area contributed by atoms with Gasteiger partial charge >= 0.3 is 0 Å². The molecule has 2 N–H and O–H groups in total. The van der Waals surface area contributed by atoms with Crippen molar-refractivity contribution in [3.63, 3.8) is 0 Å². The summed E-state index contributed by atoms with van der Waals surface area (Å²) in [6.45, 7) is 12.2. The summed E-state index contributed by atoms with van der Waals surface area (Å²) in [6, 6.07) is 5.23. The van der Waals surface area contributed by atoms with E-state index in [-0.39, 0.29) is 5.04 Å².